The third kappa shape index (κ3) is 186. The van der Waals surface area contributed by atoms with Gasteiger partial charge in [0.05, 0.1) is 0 Å². The van der Waals surface area contributed by atoms with Gasteiger partial charge in [0.2, 0.25) is 0 Å². The van der Waals surface area contributed by atoms with E-state index in [0.29, 0.717) is 0 Å². The lowest BCUT2D eigenvalue weighted by Gasteiger charge is -2.46. The Hall–Kier alpha value is 4.12. The summed E-state index contributed by atoms with van der Waals surface area (Å²) in [6, 6.07) is 0. The molecule has 0 aromatic carbocycles. The fourth-order valence-corrected chi connectivity index (χ4v) is 127. The van der Waals surface area contributed by atoms with E-state index in [4.69, 9.17) is 0 Å². The molecular weight excluding hydrogens is 1390 g/mol. The van der Waals surface area contributed by atoms with E-state index in [1.54, 1.807) is 22.7 Å². The lowest BCUT2D eigenvalue weighted by molar-refractivity contribution is 1.34. The molecule has 0 rings (SSSR count). The quantitative estimate of drug-likeness (QED) is 0.152. The Labute approximate surface area is 620 Å². The fourth-order valence-electron chi connectivity index (χ4n) is 14.2. The van der Waals surface area contributed by atoms with Crippen LogP contribution < -0.4 is 0 Å². The molecule has 0 aromatic heterocycles. The zero-order valence-corrected chi connectivity index (χ0v) is 92.9. The molecule has 19 heteroatoms. The van der Waals surface area contributed by atoms with Crippen LogP contribution in [0.25, 0.3) is 0 Å². The van der Waals surface area contributed by atoms with Crippen LogP contribution in [0.2, 0.25) is 425 Å². The Morgan fingerprint density at radius 1 is 0.178 bits per heavy atom. The van der Waals surface area contributed by atoms with Gasteiger partial charge in [-0.05, 0) is 0 Å². The molecule has 0 fully saturated rings. The van der Waals surface area contributed by atoms with Crippen molar-refractivity contribution in [2.75, 3.05) is 0 Å². The van der Waals surface area contributed by atoms with Crippen LogP contribution >= 0.6 is 0 Å². The molecule has 0 saturated carbocycles. The summed E-state index contributed by atoms with van der Waals surface area (Å²) < 4.78 is 0. The first-order valence-electron chi connectivity index (χ1n) is 35.0. The second-order valence-electron chi connectivity index (χ2n) is 48.7. The lowest BCUT2D eigenvalue weighted by atomic mass is 11.6. The van der Waals surface area contributed by atoms with Crippen molar-refractivity contribution in [2.45, 2.75) is 462 Å². The molecule has 0 aliphatic rings. The zero-order valence-electron chi connectivity index (χ0n) is 73.6. The van der Waals surface area contributed by atoms with Crippen molar-refractivity contribution in [3.8, 4) is 0 Å². The molecule has 0 amide bonds. The second kappa shape index (κ2) is 53.0. The highest BCUT2D eigenvalue weighted by atomic mass is 28.5. The van der Waals surface area contributed by atoms with Crippen molar-refractivity contribution in [3.05, 3.63) is 0 Å². The summed E-state index contributed by atoms with van der Waals surface area (Å²) >= 11 is 0. The largest absolute Gasteiger partial charge is 0.0776 e. The van der Waals surface area contributed by atoms with Crippen molar-refractivity contribution >= 4 is 155 Å². The second-order valence-corrected chi connectivity index (χ2v) is 156. The van der Waals surface area contributed by atoms with Gasteiger partial charge in [0, 0.05) is 163 Å². The van der Waals surface area contributed by atoms with Gasteiger partial charge < -0.3 is 0 Å². The maximum Gasteiger partial charge on any atom is 0.0421 e. The molecule has 0 radical (unpaired) electrons. The normalized spacial score (nSPS) is 12.8. The minimum Gasteiger partial charge on any atom is -0.0776 e. The minimum atomic E-state index is -0.934. The molecule has 0 spiro atoms. The summed E-state index contributed by atoms with van der Waals surface area (Å²) in [5, 5.41) is 0. The molecule has 0 saturated heterocycles. The van der Waals surface area contributed by atoms with E-state index >= 15 is 0 Å². The van der Waals surface area contributed by atoms with Crippen LogP contribution in [-0.4, -0.2) is 155 Å². The van der Waals surface area contributed by atoms with Gasteiger partial charge in [0.15, 0.2) is 0 Å². The first kappa shape index (κ1) is 134. The fraction of sp³-hybridized carbons (Fsp3) is 1.00. The van der Waals surface area contributed by atoms with E-state index < -0.39 is 137 Å². The number of hydrogen-bond acceptors (Lipinski definition) is 0. The zero-order chi connectivity index (χ0) is 73.6. The summed E-state index contributed by atoms with van der Waals surface area (Å²) in [6.45, 7) is 147. The molecule has 90 heavy (non-hydrogen) atoms. The molecule has 0 unspecified atom stereocenters. The van der Waals surface area contributed by atoms with Gasteiger partial charge >= 0.3 is 0 Å². The summed E-state index contributed by atoms with van der Waals surface area (Å²) in [6.07, 6.45) is 0. The summed E-state index contributed by atoms with van der Waals surface area (Å²) in [5.74, 6) is 0. The predicted octanol–water partition coefficient (Wildman–Crippen LogP) is 34.4. The van der Waals surface area contributed by atoms with Crippen LogP contribution in [0.5, 0.6) is 0 Å². The monoisotopic (exact) mass is 1610 g/mol. The molecular formula is C71H224Si19. The first-order valence-corrected chi connectivity index (χ1v) is 105. The molecule has 0 heterocycles. The van der Waals surface area contributed by atoms with Crippen molar-refractivity contribution in [1.29, 1.82) is 0 Å². The minimum absolute atomic E-state index is 0. The third-order valence-corrected chi connectivity index (χ3v) is 84.9. The van der Waals surface area contributed by atoms with Crippen LogP contribution in [0, 0.1) is 0 Å². The molecule has 0 bridgehead atoms. The predicted molar refractivity (Wildman–Crippen MR) is 537 cm³/mol. The maximum atomic E-state index is 2.56. The molecule has 0 nitrogen and oxygen atoms in total. The van der Waals surface area contributed by atoms with Crippen molar-refractivity contribution < 1.29 is 8.56 Å². The van der Waals surface area contributed by atoms with Crippen LogP contribution in [0.4, 0.5) is 0 Å². The SMILES string of the molecule is C.C.C.C.C.C[SiH](C)C.C[SiH](C)C.C[Si](C)(C)C.C[Si](C)(C)C.C[Si](C)(C)C.C[Si](C)(C)C([Si](C)(C)C)[Si](C)(C)C.C[Si](C)(C)C([Si](C)(C)C)[Si](C)(C)C.C[Si](C)(C)C[Si](C)(C)C.C[Si](C)(C)C[Si](C)(C)C.C[Si](C)(C)C[Si](C)(C)C.C[Si](C)(C)C[Si](C)(C)C.[2HH].[2HH].[2HH].[2HH].[HH].[HH]. The molecule has 0 aromatic rings. The molecule has 584 valence electrons. The highest BCUT2D eigenvalue weighted by molar-refractivity contribution is 7.13. The average Bonchev–Trinajstić information content (AvgIpc) is 2.86. The van der Waals surface area contributed by atoms with E-state index in [0.717, 1.165) is 9.58 Å². The van der Waals surface area contributed by atoms with Gasteiger partial charge in [0.25, 0.3) is 0 Å². The van der Waals surface area contributed by atoms with Gasteiger partial charge in [-0.15, -0.1) is 0 Å². The Bertz CT molecular complexity index is 1240. The van der Waals surface area contributed by atoms with Crippen LogP contribution in [0.1, 0.15) is 45.7 Å². The molecule has 0 aliphatic carbocycles. The third-order valence-electron chi connectivity index (χ3n) is 9.44. The summed E-state index contributed by atoms with van der Waals surface area (Å²) in [7, 11) is -13.6. The van der Waals surface area contributed by atoms with Gasteiger partial charge in [-0.1, -0.05) is 462 Å². The number of hydrogen-bond donors (Lipinski definition) is 0. The van der Waals surface area contributed by atoms with Crippen LogP contribution in [0.3, 0.4) is 0 Å². The molecule has 0 aliphatic heterocycles. The standard InChI is InChI=1S/2C10H28Si3.4C7H20Si2.3C4H12Si.2C3H10Si.5CH4.6H2/c2*1-11(2,3)10(12(4,5)6)13(7,8)9;4*1-8(2,3)7-9(4,5)6;3*1-5(2,3)4;2*1-4(2)3;;;;;;;;;;;/h2*10H,1-9H3;4*7H2,1-6H3;3*1-4H3;2*4H,1-3H3;5*1H4;6*1H/i;;;;;;;;;;;;;;;;4*1+1;;. The Balaban J connectivity index is -0.0000000316. The highest BCUT2D eigenvalue weighted by Crippen LogP contribution is 2.41. The van der Waals surface area contributed by atoms with Gasteiger partial charge in [-0.2, -0.15) is 0 Å². The van der Waals surface area contributed by atoms with E-state index in [2.05, 4.69) is 393 Å². The van der Waals surface area contributed by atoms with Crippen LogP contribution in [0.15, 0.2) is 0 Å². The van der Waals surface area contributed by atoms with Crippen molar-refractivity contribution in [3.63, 3.8) is 0 Å². The Kier molecular flexibility index (Phi) is 78.7. The van der Waals surface area contributed by atoms with Crippen molar-refractivity contribution in [1.82, 2.24) is 0 Å². The van der Waals surface area contributed by atoms with Gasteiger partial charge in [0.1, 0.15) is 0 Å². The smallest absolute Gasteiger partial charge is 0.0421 e. The van der Waals surface area contributed by atoms with Gasteiger partial charge in [-0.3, -0.25) is 0 Å². The lowest BCUT2D eigenvalue weighted by Crippen LogP contribution is -2.55. The van der Waals surface area contributed by atoms with E-state index in [1.165, 1.54) is 0 Å². The number of rotatable bonds is 14. The van der Waals surface area contributed by atoms with E-state index in [1.807, 2.05) is 0 Å². The van der Waals surface area contributed by atoms with E-state index in [-0.39, 0.29) is 63.3 Å². The van der Waals surface area contributed by atoms with Gasteiger partial charge in [-0.25, -0.2) is 0 Å². The van der Waals surface area contributed by atoms with Crippen LogP contribution in [-0.2, 0) is 0 Å². The molecule has 0 atom stereocenters. The summed E-state index contributed by atoms with van der Waals surface area (Å²) in [4.78, 5) is 2.29. The van der Waals surface area contributed by atoms with Crippen molar-refractivity contribution in [2.24, 2.45) is 0 Å². The Morgan fingerprint density at radius 3 is 0.222 bits per heavy atom. The van der Waals surface area contributed by atoms with E-state index in [9.17, 15) is 0 Å². The summed E-state index contributed by atoms with van der Waals surface area (Å²) in [5.41, 5.74) is 6.28. The maximum absolute atomic E-state index is 2.56. The first-order chi connectivity index (χ1) is 35.0. The Morgan fingerprint density at radius 2 is 0.222 bits per heavy atom. The highest BCUT2D eigenvalue weighted by Gasteiger charge is 2.46. The average molecular weight is 1620 g/mol. The molecule has 0 N–H and O–H groups in total. The topological polar surface area (TPSA) is 0 Å².